The van der Waals surface area contributed by atoms with Gasteiger partial charge in [0.1, 0.15) is 11.8 Å². The van der Waals surface area contributed by atoms with Crippen molar-refractivity contribution in [1.29, 1.82) is 5.26 Å². The normalized spacial score (nSPS) is 16.5. The Morgan fingerprint density at radius 3 is 2.82 bits per heavy atom. The molecule has 1 N–H and O–H groups in total. The lowest BCUT2D eigenvalue weighted by atomic mass is 9.89. The molecule has 0 unspecified atom stereocenters. The number of aromatic nitrogens is 2. The van der Waals surface area contributed by atoms with Crippen molar-refractivity contribution in [3.8, 4) is 6.07 Å². The van der Waals surface area contributed by atoms with Crippen molar-refractivity contribution in [2.75, 3.05) is 11.9 Å². The first-order chi connectivity index (χ1) is 8.28. The van der Waals surface area contributed by atoms with E-state index in [1.807, 2.05) is 6.92 Å². The summed E-state index contributed by atoms with van der Waals surface area (Å²) in [4.78, 5) is 8.45. The average Bonchev–Trinajstić information content (AvgIpc) is 2.37. The van der Waals surface area contributed by atoms with Crippen LogP contribution >= 0.6 is 0 Å². The maximum Gasteiger partial charge on any atom is 0.224 e. The van der Waals surface area contributed by atoms with Gasteiger partial charge >= 0.3 is 0 Å². The van der Waals surface area contributed by atoms with Crippen molar-refractivity contribution in [1.82, 2.24) is 9.97 Å². The summed E-state index contributed by atoms with van der Waals surface area (Å²) in [6, 6.07) is 3.76. The summed E-state index contributed by atoms with van der Waals surface area (Å²) in [6.07, 6.45) is 6.64. The maximum atomic E-state index is 8.84. The van der Waals surface area contributed by atoms with Crippen LogP contribution in [0.3, 0.4) is 0 Å². The Kier molecular flexibility index (Phi) is 3.92. The van der Waals surface area contributed by atoms with Crippen LogP contribution in [0, 0.1) is 24.2 Å². The van der Waals surface area contributed by atoms with Crippen LogP contribution in [0.5, 0.6) is 0 Å². The number of anilines is 1. The number of nitrogens with one attached hydrogen (secondary N) is 1. The Bertz CT molecular complexity index is 416. The van der Waals surface area contributed by atoms with Crippen LogP contribution in [0.1, 0.15) is 43.5 Å². The molecule has 90 valence electrons. The second-order valence-corrected chi connectivity index (χ2v) is 4.71. The second kappa shape index (κ2) is 5.62. The third-order valence-corrected chi connectivity index (χ3v) is 3.24. The summed E-state index contributed by atoms with van der Waals surface area (Å²) in [5, 5.41) is 12.1. The molecular formula is C13H18N4. The van der Waals surface area contributed by atoms with Crippen molar-refractivity contribution in [3.05, 3.63) is 17.5 Å². The highest BCUT2D eigenvalue weighted by Crippen LogP contribution is 2.23. The van der Waals surface area contributed by atoms with Gasteiger partial charge in [-0.25, -0.2) is 9.97 Å². The fourth-order valence-electron chi connectivity index (χ4n) is 2.33. The molecule has 0 aliphatic heterocycles. The smallest absolute Gasteiger partial charge is 0.224 e. The molecule has 1 aromatic rings. The Hall–Kier alpha value is -1.63. The molecule has 1 saturated carbocycles. The predicted octanol–water partition coefficient (Wildman–Crippen LogP) is 2.65. The molecule has 0 spiro atoms. The molecule has 1 aliphatic rings. The van der Waals surface area contributed by atoms with Gasteiger partial charge in [-0.3, -0.25) is 0 Å². The van der Waals surface area contributed by atoms with E-state index in [4.69, 9.17) is 5.26 Å². The molecule has 1 aliphatic carbocycles. The lowest BCUT2D eigenvalue weighted by Gasteiger charge is -2.21. The van der Waals surface area contributed by atoms with E-state index in [0.29, 0.717) is 11.6 Å². The molecule has 1 heterocycles. The Balaban J connectivity index is 1.94. The first-order valence-corrected chi connectivity index (χ1v) is 6.27. The Labute approximate surface area is 102 Å². The van der Waals surface area contributed by atoms with E-state index in [0.717, 1.165) is 18.2 Å². The molecule has 0 atom stereocenters. The Morgan fingerprint density at radius 1 is 1.35 bits per heavy atom. The van der Waals surface area contributed by atoms with Crippen LogP contribution in [0.25, 0.3) is 0 Å². The number of aryl methyl sites for hydroxylation is 1. The van der Waals surface area contributed by atoms with Gasteiger partial charge in [-0.05, 0) is 31.7 Å². The summed E-state index contributed by atoms with van der Waals surface area (Å²) in [7, 11) is 0. The molecule has 2 rings (SSSR count). The largest absolute Gasteiger partial charge is 0.354 e. The first kappa shape index (κ1) is 11.8. The van der Waals surface area contributed by atoms with Crippen LogP contribution in [-0.4, -0.2) is 16.5 Å². The Morgan fingerprint density at radius 2 is 2.12 bits per heavy atom. The van der Waals surface area contributed by atoms with Crippen molar-refractivity contribution in [3.63, 3.8) is 0 Å². The molecule has 4 nitrogen and oxygen atoms in total. The third-order valence-electron chi connectivity index (χ3n) is 3.24. The van der Waals surface area contributed by atoms with Gasteiger partial charge in [0.2, 0.25) is 5.95 Å². The number of rotatable bonds is 3. The van der Waals surface area contributed by atoms with Gasteiger partial charge in [0.25, 0.3) is 0 Å². The fourth-order valence-corrected chi connectivity index (χ4v) is 2.33. The zero-order valence-electron chi connectivity index (χ0n) is 10.2. The number of nitriles is 1. The van der Waals surface area contributed by atoms with Gasteiger partial charge in [-0.15, -0.1) is 0 Å². The van der Waals surface area contributed by atoms with E-state index in [1.165, 1.54) is 32.1 Å². The summed E-state index contributed by atoms with van der Waals surface area (Å²) in [5.74, 6) is 1.32. The van der Waals surface area contributed by atoms with Crippen LogP contribution in [0.2, 0.25) is 0 Å². The van der Waals surface area contributed by atoms with E-state index >= 15 is 0 Å². The molecule has 0 saturated heterocycles. The topological polar surface area (TPSA) is 61.6 Å². The maximum absolute atomic E-state index is 8.84. The van der Waals surface area contributed by atoms with Crippen molar-refractivity contribution < 1.29 is 0 Å². The van der Waals surface area contributed by atoms with Gasteiger partial charge in [0.15, 0.2) is 0 Å². The van der Waals surface area contributed by atoms with Crippen LogP contribution in [0.4, 0.5) is 5.95 Å². The fraction of sp³-hybridized carbons (Fsp3) is 0.615. The highest BCUT2D eigenvalue weighted by molar-refractivity contribution is 5.32. The molecule has 0 bridgehead atoms. The van der Waals surface area contributed by atoms with Crippen molar-refractivity contribution in [2.45, 2.75) is 39.0 Å². The lowest BCUT2D eigenvalue weighted by Crippen LogP contribution is -2.18. The van der Waals surface area contributed by atoms with E-state index in [1.54, 1.807) is 6.07 Å². The van der Waals surface area contributed by atoms with Gasteiger partial charge in [-0.2, -0.15) is 5.26 Å². The van der Waals surface area contributed by atoms with Crippen molar-refractivity contribution >= 4 is 5.95 Å². The lowest BCUT2D eigenvalue weighted by molar-refractivity contribution is 0.373. The van der Waals surface area contributed by atoms with Crippen LogP contribution in [0.15, 0.2) is 6.07 Å². The van der Waals surface area contributed by atoms with E-state index < -0.39 is 0 Å². The van der Waals surface area contributed by atoms with Crippen LogP contribution < -0.4 is 5.32 Å². The monoisotopic (exact) mass is 230 g/mol. The zero-order valence-corrected chi connectivity index (χ0v) is 10.2. The summed E-state index contributed by atoms with van der Waals surface area (Å²) < 4.78 is 0. The third kappa shape index (κ3) is 3.42. The second-order valence-electron chi connectivity index (χ2n) is 4.71. The highest BCUT2D eigenvalue weighted by Gasteiger charge is 2.13. The molecule has 0 amide bonds. The molecule has 0 aromatic carbocycles. The van der Waals surface area contributed by atoms with Gasteiger partial charge < -0.3 is 5.32 Å². The molecule has 1 aromatic heterocycles. The minimum atomic E-state index is 0.434. The first-order valence-electron chi connectivity index (χ1n) is 6.27. The summed E-state index contributed by atoms with van der Waals surface area (Å²) >= 11 is 0. The van der Waals surface area contributed by atoms with Gasteiger partial charge in [-0.1, -0.05) is 19.3 Å². The van der Waals surface area contributed by atoms with Crippen LogP contribution in [-0.2, 0) is 0 Å². The highest BCUT2D eigenvalue weighted by atomic mass is 15.1. The van der Waals surface area contributed by atoms with Gasteiger partial charge in [0, 0.05) is 12.2 Å². The number of hydrogen-bond donors (Lipinski definition) is 1. The molecular weight excluding hydrogens is 212 g/mol. The minimum Gasteiger partial charge on any atom is -0.354 e. The molecule has 17 heavy (non-hydrogen) atoms. The van der Waals surface area contributed by atoms with E-state index in [9.17, 15) is 0 Å². The minimum absolute atomic E-state index is 0.434. The van der Waals surface area contributed by atoms with E-state index in [-0.39, 0.29) is 0 Å². The zero-order chi connectivity index (χ0) is 12.1. The quantitative estimate of drug-likeness (QED) is 0.867. The van der Waals surface area contributed by atoms with Gasteiger partial charge in [0.05, 0.1) is 0 Å². The number of hydrogen-bond acceptors (Lipinski definition) is 4. The van der Waals surface area contributed by atoms with Crippen molar-refractivity contribution in [2.24, 2.45) is 5.92 Å². The standard InChI is InChI=1S/C13H18N4/c1-10-7-12(8-14)17-13(16-10)15-9-11-5-3-2-4-6-11/h7,11H,2-6,9H2,1H3,(H,15,16,17). The SMILES string of the molecule is Cc1cc(C#N)nc(NCC2CCCCC2)n1. The molecule has 1 fully saturated rings. The summed E-state index contributed by atoms with van der Waals surface area (Å²) in [5.41, 5.74) is 1.27. The number of nitrogens with zero attached hydrogens (tertiary/aromatic N) is 3. The van der Waals surface area contributed by atoms with E-state index in [2.05, 4.69) is 21.4 Å². The predicted molar refractivity (Wildman–Crippen MR) is 66.5 cm³/mol. The average molecular weight is 230 g/mol. The summed E-state index contributed by atoms with van der Waals surface area (Å²) in [6.45, 7) is 2.81. The molecule has 0 radical (unpaired) electrons. The molecule has 4 heteroatoms.